The van der Waals surface area contributed by atoms with Crippen molar-refractivity contribution in [3.8, 4) is 17.4 Å². The number of nitrogens with one attached hydrogen (secondary N) is 2. The van der Waals surface area contributed by atoms with Crippen molar-refractivity contribution in [2.45, 2.75) is 6.42 Å². The van der Waals surface area contributed by atoms with Gasteiger partial charge in [-0.15, -0.1) is 12.4 Å². The number of hydrogen-bond donors (Lipinski definition) is 4. The van der Waals surface area contributed by atoms with Crippen molar-refractivity contribution in [3.05, 3.63) is 101 Å². The quantitative estimate of drug-likeness (QED) is 0.106. The molecule has 0 unspecified atom stereocenters. The van der Waals surface area contributed by atoms with Crippen molar-refractivity contribution in [1.29, 1.82) is 0 Å². The average molecular weight is 622 g/mol. The molecule has 5 aromatic rings. The number of carbonyl (C=O) groups excluding carboxylic acids is 2. The second kappa shape index (κ2) is 14.6. The number of aromatic nitrogens is 1. The third-order valence-electron chi connectivity index (χ3n) is 6.47. The Balaban J connectivity index is 0.00000423. The number of nitrogens with two attached hydrogens (primary N) is 1. The van der Waals surface area contributed by atoms with Gasteiger partial charge in [-0.25, -0.2) is 4.98 Å². The van der Waals surface area contributed by atoms with Gasteiger partial charge in [-0.2, -0.15) is 0 Å². The summed E-state index contributed by atoms with van der Waals surface area (Å²) < 4.78 is 11.8. The SMILES string of the molecule is Cl.NCCCOc1nc2ccccc2cc1C(=O)NCCOc1cc2ccccc2cc1C(=O)Nc1ccc(Cl)cc1O. The van der Waals surface area contributed by atoms with Crippen LogP contribution in [0.5, 0.6) is 17.4 Å². The molecule has 43 heavy (non-hydrogen) atoms. The molecule has 0 saturated heterocycles. The number of hydrogen-bond acceptors (Lipinski definition) is 7. The highest BCUT2D eigenvalue weighted by atomic mass is 35.5. The Bertz CT molecular complexity index is 1770. The van der Waals surface area contributed by atoms with Crippen LogP contribution < -0.4 is 25.8 Å². The number of rotatable bonds is 11. The summed E-state index contributed by atoms with van der Waals surface area (Å²) in [6.45, 7) is 1.04. The number of ether oxygens (including phenoxy) is 2. The van der Waals surface area contributed by atoms with Crippen molar-refractivity contribution in [1.82, 2.24) is 10.3 Å². The van der Waals surface area contributed by atoms with E-state index in [0.717, 1.165) is 16.2 Å². The molecule has 0 radical (unpaired) electrons. The summed E-state index contributed by atoms with van der Waals surface area (Å²) in [6, 6.07) is 24.7. The molecule has 0 fully saturated rings. The van der Waals surface area contributed by atoms with Gasteiger partial charge in [0, 0.05) is 16.5 Å². The Morgan fingerprint density at radius 1 is 0.837 bits per heavy atom. The zero-order valence-electron chi connectivity index (χ0n) is 23.0. The number of benzene rings is 4. The fourth-order valence-electron chi connectivity index (χ4n) is 4.36. The molecule has 0 saturated carbocycles. The van der Waals surface area contributed by atoms with Gasteiger partial charge in [0.05, 0.1) is 29.9 Å². The first-order valence-electron chi connectivity index (χ1n) is 13.4. The minimum absolute atomic E-state index is 0. The van der Waals surface area contributed by atoms with Gasteiger partial charge in [-0.05, 0) is 60.1 Å². The first-order valence-corrected chi connectivity index (χ1v) is 13.8. The standard InChI is InChI=1S/C32H29ClN4O5.ClH/c33-23-10-11-27(28(38)19-23)36-31(40)24-16-20-6-1-2-7-21(20)18-29(24)41-15-13-35-30(39)25-17-22-8-3-4-9-26(22)37-32(25)42-14-5-12-34;/h1-4,6-11,16-19,38H,5,12-15,34H2,(H,35,39)(H,36,40);1H. The van der Waals surface area contributed by atoms with E-state index in [4.69, 9.17) is 26.8 Å². The lowest BCUT2D eigenvalue weighted by atomic mass is 10.1. The molecule has 4 aromatic carbocycles. The summed E-state index contributed by atoms with van der Waals surface area (Å²) in [6.07, 6.45) is 0.628. The van der Waals surface area contributed by atoms with Crippen LogP contribution in [0.4, 0.5) is 5.69 Å². The molecule has 0 aliphatic carbocycles. The second-order valence-corrected chi connectivity index (χ2v) is 9.88. The summed E-state index contributed by atoms with van der Waals surface area (Å²) in [5, 5.41) is 18.6. The van der Waals surface area contributed by atoms with Crippen LogP contribution in [0, 0.1) is 0 Å². The lowest BCUT2D eigenvalue weighted by Gasteiger charge is -2.15. The van der Waals surface area contributed by atoms with Gasteiger partial charge in [0.2, 0.25) is 5.88 Å². The number of nitrogens with zero attached hydrogens (tertiary/aromatic N) is 1. The highest BCUT2D eigenvalue weighted by molar-refractivity contribution is 6.30. The molecular formula is C32H30Cl2N4O5. The average Bonchev–Trinajstić information content (AvgIpc) is 3.00. The molecule has 1 heterocycles. The number of pyridine rings is 1. The number of phenolic OH excluding ortho intramolecular Hbond substituents is 1. The number of phenols is 1. The number of anilines is 1. The molecule has 222 valence electrons. The largest absolute Gasteiger partial charge is 0.506 e. The molecule has 0 bridgehead atoms. The molecule has 0 atom stereocenters. The Hall–Kier alpha value is -4.57. The van der Waals surface area contributed by atoms with Crippen LogP contribution in [-0.4, -0.2) is 48.2 Å². The number of para-hydroxylation sites is 1. The van der Waals surface area contributed by atoms with E-state index in [1.807, 2.05) is 48.5 Å². The fraction of sp³-hybridized carbons (Fsp3) is 0.156. The predicted octanol–water partition coefficient (Wildman–Crippen LogP) is 5.96. The highest BCUT2D eigenvalue weighted by Crippen LogP contribution is 2.30. The fourth-order valence-corrected chi connectivity index (χ4v) is 4.53. The van der Waals surface area contributed by atoms with Gasteiger partial charge < -0.3 is 30.9 Å². The molecule has 9 nitrogen and oxygen atoms in total. The van der Waals surface area contributed by atoms with Crippen LogP contribution in [0.2, 0.25) is 5.02 Å². The Kier molecular flexibility index (Phi) is 10.6. The van der Waals surface area contributed by atoms with Crippen molar-refractivity contribution in [2.75, 3.05) is 31.6 Å². The topological polar surface area (TPSA) is 136 Å². The molecule has 5 rings (SSSR count). The smallest absolute Gasteiger partial charge is 0.259 e. The minimum Gasteiger partial charge on any atom is -0.506 e. The van der Waals surface area contributed by atoms with Gasteiger partial charge in [0.15, 0.2) is 0 Å². The molecule has 1 aromatic heterocycles. The second-order valence-electron chi connectivity index (χ2n) is 9.44. The Morgan fingerprint density at radius 3 is 2.28 bits per heavy atom. The Labute approximate surface area is 259 Å². The molecular weight excluding hydrogens is 591 g/mol. The predicted molar refractivity (Wildman–Crippen MR) is 171 cm³/mol. The van der Waals surface area contributed by atoms with Crippen molar-refractivity contribution >= 4 is 63.2 Å². The third kappa shape index (κ3) is 7.64. The van der Waals surface area contributed by atoms with Gasteiger partial charge in [0.25, 0.3) is 11.8 Å². The lowest BCUT2D eigenvalue weighted by Crippen LogP contribution is -2.29. The summed E-state index contributed by atoms with van der Waals surface area (Å²) in [7, 11) is 0. The van der Waals surface area contributed by atoms with E-state index in [-0.39, 0.29) is 54.3 Å². The maximum Gasteiger partial charge on any atom is 0.259 e. The first-order chi connectivity index (χ1) is 20.4. The van der Waals surface area contributed by atoms with Gasteiger partial charge >= 0.3 is 0 Å². The summed E-state index contributed by atoms with van der Waals surface area (Å²) in [5.41, 5.74) is 7.09. The van der Waals surface area contributed by atoms with E-state index in [1.165, 1.54) is 12.1 Å². The maximum atomic E-state index is 13.3. The zero-order valence-corrected chi connectivity index (χ0v) is 24.6. The van der Waals surface area contributed by atoms with Crippen LogP contribution in [0.3, 0.4) is 0 Å². The van der Waals surface area contributed by atoms with E-state index in [1.54, 1.807) is 24.3 Å². The molecule has 0 aliphatic heterocycles. The summed E-state index contributed by atoms with van der Waals surface area (Å²) in [5.74, 6) is -0.434. The molecule has 2 amide bonds. The zero-order chi connectivity index (χ0) is 29.5. The molecule has 0 spiro atoms. The normalized spacial score (nSPS) is 10.7. The molecule has 0 aliphatic rings. The lowest BCUT2D eigenvalue weighted by molar-refractivity contribution is 0.0939. The van der Waals surface area contributed by atoms with Crippen LogP contribution in [-0.2, 0) is 0 Å². The molecule has 11 heteroatoms. The van der Waals surface area contributed by atoms with Crippen LogP contribution in [0.1, 0.15) is 27.1 Å². The number of amides is 2. The maximum absolute atomic E-state index is 13.3. The Morgan fingerprint density at radius 2 is 1.53 bits per heavy atom. The van der Waals surface area contributed by atoms with Crippen LogP contribution >= 0.6 is 24.0 Å². The van der Waals surface area contributed by atoms with E-state index in [0.29, 0.717) is 41.4 Å². The summed E-state index contributed by atoms with van der Waals surface area (Å²) in [4.78, 5) is 30.9. The van der Waals surface area contributed by atoms with Crippen molar-refractivity contribution in [2.24, 2.45) is 5.73 Å². The van der Waals surface area contributed by atoms with Gasteiger partial charge in [-0.3, -0.25) is 9.59 Å². The third-order valence-corrected chi connectivity index (χ3v) is 6.70. The van der Waals surface area contributed by atoms with E-state index >= 15 is 0 Å². The number of fused-ring (bicyclic) bond motifs is 2. The van der Waals surface area contributed by atoms with E-state index < -0.39 is 5.91 Å². The highest BCUT2D eigenvalue weighted by Gasteiger charge is 2.18. The van der Waals surface area contributed by atoms with Crippen LogP contribution in [0.15, 0.2) is 84.9 Å². The van der Waals surface area contributed by atoms with E-state index in [2.05, 4.69) is 15.6 Å². The monoisotopic (exact) mass is 620 g/mol. The van der Waals surface area contributed by atoms with Gasteiger partial charge in [0.1, 0.15) is 23.7 Å². The first kappa shape index (κ1) is 31.4. The van der Waals surface area contributed by atoms with E-state index in [9.17, 15) is 14.7 Å². The minimum atomic E-state index is -0.473. The number of carbonyl (C=O) groups is 2. The van der Waals surface area contributed by atoms with Crippen LogP contribution in [0.25, 0.3) is 21.7 Å². The summed E-state index contributed by atoms with van der Waals surface area (Å²) >= 11 is 5.92. The molecule has 5 N–H and O–H groups in total. The number of halogens is 2. The van der Waals surface area contributed by atoms with Crippen molar-refractivity contribution < 1.29 is 24.2 Å². The van der Waals surface area contributed by atoms with Crippen molar-refractivity contribution in [3.63, 3.8) is 0 Å². The number of aromatic hydroxyl groups is 1. The van der Waals surface area contributed by atoms with Gasteiger partial charge in [-0.1, -0.05) is 54.1 Å².